The molecule has 132 valence electrons. The van der Waals surface area contributed by atoms with Gasteiger partial charge >= 0.3 is 0 Å². The molecule has 0 aliphatic heterocycles. The van der Waals surface area contributed by atoms with Gasteiger partial charge in [0.2, 0.25) is 5.88 Å². The van der Waals surface area contributed by atoms with Gasteiger partial charge in [0, 0.05) is 17.7 Å². The van der Waals surface area contributed by atoms with Crippen molar-refractivity contribution in [2.24, 2.45) is 0 Å². The van der Waals surface area contributed by atoms with Crippen molar-refractivity contribution in [1.29, 1.82) is 0 Å². The van der Waals surface area contributed by atoms with Crippen LogP contribution >= 0.6 is 0 Å². The van der Waals surface area contributed by atoms with Crippen LogP contribution in [0.4, 0.5) is 5.69 Å². The molecule has 0 bridgehead atoms. The highest BCUT2D eigenvalue weighted by Crippen LogP contribution is 2.31. The van der Waals surface area contributed by atoms with E-state index in [2.05, 4.69) is 9.97 Å². The molecule has 0 saturated heterocycles. The molecule has 6 heteroatoms. The van der Waals surface area contributed by atoms with Crippen LogP contribution < -0.4 is 4.74 Å². The van der Waals surface area contributed by atoms with Crippen molar-refractivity contribution in [3.63, 3.8) is 0 Å². The molecule has 6 nitrogen and oxygen atoms in total. The maximum atomic E-state index is 11.1. The number of nitrogens with zero attached hydrogens (tertiary/aromatic N) is 3. The Hall–Kier alpha value is -3.80. The molecule has 4 aromatic rings. The van der Waals surface area contributed by atoms with Gasteiger partial charge in [-0.3, -0.25) is 10.1 Å². The molecule has 0 atom stereocenters. The minimum absolute atomic E-state index is 0.00902. The highest BCUT2D eigenvalue weighted by atomic mass is 16.6. The van der Waals surface area contributed by atoms with E-state index in [-0.39, 0.29) is 5.69 Å². The van der Waals surface area contributed by atoms with Gasteiger partial charge in [-0.2, -0.15) is 4.98 Å². The number of hydrogen-bond donors (Lipinski definition) is 0. The van der Waals surface area contributed by atoms with Gasteiger partial charge in [-0.25, -0.2) is 4.98 Å². The number of hydrogen-bond acceptors (Lipinski definition) is 5. The zero-order chi connectivity index (χ0) is 18.8. The summed E-state index contributed by atoms with van der Waals surface area (Å²) in [6.07, 6.45) is 0. The summed E-state index contributed by atoms with van der Waals surface area (Å²) in [6, 6.07) is 21.4. The van der Waals surface area contributed by atoms with E-state index in [0.29, 0.717) is 28.5 Å². The summed E-state index contributed by atoms with van der Waals surface area (Å²) < 4.78 is 6.00. The summed E-state index contributed by atoms with van der Waals surface area (Å²) in [7, 11) is 0. The molecular weight excluding hydrogens is 342 g/mol. The van der Waals surface area contributed by atoms with Crippen LogP contribution in [0.1, 0.15) is 5.56 Å². The Labute approximate surface area is 155 Å². The smallest absolute Gasteiger partial charge is 0.270 e. The van der Waals surface area contributed by atoms with Crippen molar-refractivity contribution in [3.05, 3.63) is 88.5 Å². The Morgan fingerprint density at radius 1 is 0.926 bits per heavy atom. The molecule has 0 aliphatic rings. The molecule has 0 saturated carbocycles. The number of nitro benzene ring substituents is 1. The fourth-order valence-electron chi connectivity index (χ4n) is 2.73. The third kappa shape index (κ3) is 3.46. The summed E-state index contributed by atoms with van der Waals surface area (Å²) in [5.41, 5.74) is 2.39. The van der Waals surface area contributed by atoms with Crippen LogP contribution in [-0.2, 0) is 0 Å². The van der Waals surface area contributed by atoms with Crippen LogP contribution in [0.3, 0.4) is 0 Å². The molecule has 0 unspecified atom stereocenters. The van der Waals surface area contributed by atoms with Gasteiger partial charge in [0.25, 0.3) is 5.69 Å². The first kappa shape index (κ1) is 16.7. The number of aromatic nitrogens is 2. The van der Waals surface area contributed by atoms with Gasteiger partial charge < -0.3 is 4.74 Å². The van der Waals surface area contributed by atoms with Crippen LogP contribution in [0.5, 0.6) is 11.6 Å². The lowest BCUT2D eigenvalue weighted by atomic mass is 10.1. The lowest BCUT2D eigenvalue weighted by Gasteiger charge is -2.10. The van der Waals surface area contributed by atoms with Gasteiger partial charge in [-0.05, 0) is 31.2 Å². The molecule has 4 rings (SSSR count). The van der Waals surface area contributed by atoms with Gasteiger partial charge in [0.15, 0.2) is 5.82 Å². The fourth-order valence-corrected chi connectivity index (χ4v) is 2.73. The first-order valence-corrected chi connectivity index (χ1v) is 8.36. The van der Waals surface area contributed by atoms with Crippen molar-refractivity contribution in [3.8, 4) is 23.0 Å². The average Bonchev–Trinajstić information content (AvgIpc) is 2.69. The summed E-state index contributed by atoms with van der Waals surface area (Å²) in [4.78, 5) is 19.7. The summed E-state index contributed by atoms with van der Waals surface area (Å²) >= 11 is 0. The van der Waals surface area contributed by atoms with E-state index in [4.69, 9.17) is 4.74 Å². The number of nitro groups is 1. The number of benzene rings is 3. The first-order chi connectivity index (χ1) is 13.1. The van der Waals surface area contributed by atoms with Crippen LogP contribution in [0, 0.1) is 17.0 Å². The van der Waals surface area contributed by atoms with Gasteiger partial charge in [0.1, 0.15) is 5.75 Å². The summed E-state index contributed by atoms with van der Waals surface area (Å²) in [6.45, 7) is 2.00. The number of aryl methyl sites for hydroxylation is 1. The highest BCUT2D eigenvalue weighted by molar-refractivity contribution is 5.85. The number of rotatable bonds is 4. The number of para-hydroxylation sites is 1. The Morgan fingerprint density at radius 3 is 2.48 bits per heavy atom. The van der Waals surface area contributed by atoms with E-state index >= 15 is 0 Å². The molecule has 0 spiro atoms. The largest absolute Gasteiger partial charge is 0.438 e. The monoisotopic (exact) mass is 357 g/mol. The minimum atomic E-state index is -0.436. The first-order valence-electron chi connectivity index (χ1n) is 8.36. The molecule has 0 amide bonds. The van der Waals surface area contributed by atoms with E-state index < -0.39 is 4.92 Å². The molecule has 0 N–H and O–H groups in total. The molecule has 0 aliphatic carbocycles. The fraction of sp³-hybridized carbons (Fsp3) is 0.0476. The maximum Gasteiger partial charge on any atom is 0.270 e. The predicted molar refractivity (Wildman–Crippen MR) is 103 cm³/mol. The second-order valence-corrected chi connectivity index (χ2v) is 6.09. The van der Waals surface area contributed by atoms with Crippen molar-refractivity contribution in [2.75, 3.05) is 0 Å². The number of non-ortho nitro benzene ring substituents is 1. The molecule has 1 heterocycles. The minimum Gasteiger partial charge on any atom is -0.438 e. The Morgan fingerprint density at radius 2 is 1.70 bits per heavy atom. The second-order valence-electron chi connectivity index (χ2n) is 6.09. The zero-order valence-electron chi connectivity index (χ0n) is 14.5. The van der Waals surface area contributed by atoms with Gasteiger partial charge in [0.05, 0.1) is 15.8 Å². The lowest BCUT2D eigenvalue weighted by Crippen LogP contribution is -1.97. The topological polar surface area (TPSA) is 78.2 Å². The molecule has 1 aromatic heterocycles. The van der Waals surface area contributed by atoms with Gasteiger partial charge in [-0.1, -0.05) is 42.0 Å². The van der Waals surface area contributed by atoms with Crippen LogP contribution in [0.25, 0.3) is 22.3 Å². The third-order valence-corrected chi connectivity index (χ3v) is 4.12. The summed E-state index contributed by atoms with van der Waals surface area (Å²) in [5, 5.41) is 11.8. The number of ether oxygens (including phenoxy) is 1. The quantitative estimate of drug-likeness (QED) is 0.365. The standard InChI is InChI=1S/C21H15N3O3/c1-14-9-11-17(12-10-14)27-21-18-7-2-3-8-19(18)22-20(23-21)15-5-4-6-16(13-15)24(25)26/h2-13H,1H3. The Balaban J connectivity index is 1.84. The molecule has 0 fully saturated rings. The predicted octanol–water partition coefficient (Wildman–Crippen LogP) is 5.31. The van der Waals surface area contributed by atoms with Crippen molar-refractivity contribution in [1.82, 2.24) is 9.97 Å². The second kappa shape index (κ2) is 6.84. The van der Waals surface area contributed by atoms with Gasteiger partial charge in [-0.15, -0.1) is 0 Å². The molecule has 27 heavy (non-hydrogen) atoms. The Bertz CT molecular complexity index is 1140. The summed E-state index contributed by atoms with van der Waals surface area (Å²) in [5.74, 6) is 1.44. The van der Waals surface area contributed by atoms with Crippen molar-refractivity contribution < 1.29 is 9.66 Å². The number of fused-ring (bicyclic) bond motifs is 1. The van der Waals surface area contributed by atoms with E-state index in [1.165, 1.54) is 12.1 Å². The molecule has 3 aromatic carbocycles. The third-order valence-electron chi connectivity index (χ3n) is 4.12. The van der Waals surface area contributed by atoms with E-state index in [1.807, 2.05) is 55.5 Å². The van der Waals surface area contributed by atoms with E-state index in [0.717, 1.165) is 10.9 Å². The van der Waals surface area contributed by atoms with Crippen molar-refractivity contribution >= 4 is 16.6 Å². The van der Waals surface area contributed by atoms with Crippen LogP contribution in [-0.4, -0.2) is 14.9 Å². The SMILES string of the molecule is Cc1ccc(Oc2nc(-c3cccc([N+](=O)[O-])c3)nc3ccccc23)cc1. The lowest BCUT2D eigenvalue weighted by molar-refractivity contribution is -0.384. The van der Waals surface area contributed by atoms with Crippen molar-refractivity contribution in [2.45, 2.75) is 6.92 Å². The van der Waals surface area contributed by atoms with E-state index in [9.17, 15) is 10.1 Å². The highest BCUT2D eigenvalue weighted by Gasteiger charge is 2.14. The van der Waals surface area contributed by atoms with E-state index in [1.54, 1.807) is 12.1 Å². The molecule has 0 radical (unpaired) electrons. The van der Waals surface area contributed by atoms with Crippen LogP contribution in [0.2, 0.25) is 0 Å². The Kier molecular flexibility index (Phi) is 4.22. The normalized spacial score (nSPS) is 10.7. The van der Waals surface area contributed by atoms with Crippen LogP contribution in [0.15, 0.2) is 72.8 Å². The average molecular weight is 357 g/mol. The molecular formula is C21H15N3O3. The maximum absolute atomic E-state index is 11.1. The zero-order valence-corrected chi connectivity index (χ0v) is 14.5.